The molecule has 1 atom stereocenters. The smallest absolute Gasteiger partial charge is 0.255 e. The molecule has 0 aromatic carbocycles. The van der Waals surface area contributed by atoms with Crippen LogP contribution < -0.4 is 16.0 Å². The van der Waals surface area contributed by atoms with Crippen molar-refractivity contribution in [3.05, 3.63) is 47.8 Å². The predicted octanol–water partition coefficient (Wildman–Crippen LogP) is 3.74. The normalized spacial score (nSPS) is 12.6. The lowest BCUT2D eigenvalue weighted by atomic mass is 10.0. The number of amides is 1. The molecule has 0 aliphatic heterocycles. The lowest BCUT2D eigenvalue weighted by molar-refractivity contribution is -0.00177. The quantitative estimate of drug-likeness (QED) is 0.422. The average molecular weight is 441 g/mol. The lowest BCUT2D eigenvalue weighted by Crippen LogP contribution is -2.42. The van der Waals surface area contributed by atoms with Gasteiger partial charge >= 0.3 is 0 Å². The monoisotopic (exact) mass is 440 g/mol. The van der Waals surface area contributed by atoms with Crippen LogP contribution in [0.15, 0.2) is 36.7 Å². The first-order valence-electron chi connectivity index (χ1n) is 10.4. The van der Waals surface area contributed by atoms with Crippen LogP contribution in [0.1, 0.15) is 43.6 Å². The van der Waals surface area contributed by atoms with Gasteiger partial charge in [0, 0.05) is 24.5 Å². The average Bonchev–Trinajstić information content (AvgIpc) is 2.70. The van der Waals surface area contributed by atoms with Gasteiger partial charge < -0.3 is 21.1 Å². The summed E-state index contributed by atoms with van der Waals surface area (Å²) >= 11 is 0. The molecule has 0 radical (unpaired) electrons. The molecule has 0 bridgehead atoms. The largest absolute Gasteiger partial charge is 0.387 e. The molecule has 3 aromatic rings. The van der Waals surface area contributed by atoms with Crippen LogP contribution in [0.25, 0.3) is 11.0 Å². The second kappa shape index (κ2) is 9.44. The molecule has 9 heteroatoms. The Morgan fingerprint density at radius 3 is 2.56 bits per heavy atom. The van der Waals surface area contributed by atoms with Gasteiger partial charge in [0.05, 0.1) is 34.4 Å². The highest BCUT2D eigenvalue weighted by Gasteiger charge is 2.27. The lowest BCUT2D eigenvalue weighted by Gasteiger charge is -2.23. The van der Waals surface area contributed by atoms with Gasteiger partial charge in [0.15, 0.2) is 0 Å². The number of nitrogens with one attached hydrogen (secondary N) is 3. The predicted molar refractivity (Wildman–Crippen MR) is 124 cm³/mol. The van der Waals surface area contributed by atoms with Crippen molar-refractivity contribution >= 4 is 34.3 Å². The number of aromatic nitrogens is 3. The van der Waals surface area contributed by atoms with Crippen molar-refractivity contribution in [1.29, 1.82) is 0 Å². The Morgan fingerprint density at radius 1 is 1.12 bits per heavy atom. The molecule has 3 heterocycles. The van der Waals surface area contributed by atoms with Gasteiger partial charge in [-0.2, -0.15) is 0 Å². The number of nitrogens with zero attached hydrogens (tertiary/aromatic N) is 3. The molecule has 0 saturated heterocycles. The molecule has 3 rings (SSSR count). The minimum absolute atomic E-state index is 0.0509. The summed E-state index contributed by atoms with van der Waals surface area (Å²) in [4.78, 5) is 25.9. The highest BCUT2D eigenvalue weighted by molar-refractivity contribution is 5.99. The summed E-state index contributed by atoms with van der Waals surface area (Å²) in [6, 6.07) is 7.38. The Morgan fingerprint density at radius 2 is 1.88 bits per heavy atom. The summed E-state index contributed by atoms with van der Waals surface area (Å²) in [5.41, 5.74) is 1.85. The van der Waals surface area contributed by atoms with Crippen LogP contribution in [0.3, 0.4) is 0 Å². The first-order chi connectivity index (χ1) is 15.0. The number of pyridine rings is 3. The van der Waals surface area contributed by atoms with Gasteiger partial charge in [0.1, 0.15) is 17.8 Å². The minimum Gasteiger partial charge on any atom is -0.387 e. The van der Waals surface area contributed by atoms with Gasteiger partial charge in [-0.25, -0.2) is 14.4 Å². The fraction of sp³-hybridized carbons (Fsp3) is 0.391. The number of alkyl halides is 1. The fourth-order valence-corrected chi connectivity index (χ4v) is 2.97. The van der Waals surface area contributed by atoms with Gasteiger partial charge in [-0.1, -0.05) is 0 Å². The molecule has 3 aromatic heterocycles. The molecule has 0 aliphatic rings. The van der Waals surface area contributed by atoms with E-state index in [2.05, 4.69) is 30.9 Å². The van der Waals surface area contributed by atoms with E-state index in [1.165, 1.54) is 20.0 Å². The Balaban J connectivity index is 1.82. The zero-order valence-corrected chi connectivity index (χ0v) is 18.9. The Hall–Kier alpha value is -3.33. The molecule has 170 valence electrons. The molecular weight excluding hydrogens is 411 g/mol. The van der Waals surface area contributed by atoms with Crippen LogP contribution in [-0.4, -0.2) is 50.3 Å². The van der Waals surface area contributed by atoms with Crippen molar-refractivity contribution in [1.82, 2.24) is 20.3 Å². The SMILES string of the molecule is Cc1cnc2ccc(Nc3cc(NC(C)C)c(C(=O)NC[C@@H](F)C(C)(C)O)cn3)nc2c1. The maximum Gasteiger partial charge on any atom is 0.255 e. The zero-order chi connectivity index (χ0) is 23.5. The number of aliphatic hydroxyl groups is 1. The molecule has 4 N–H and O–H groups in total. The number of halogens is 1. The maximum atomic E-state index is 14.0. The number of hydrogen-bond acceptors (Lipinski definition) is 7. The fourth-order valence-electron chi connectivity index (χ4n) is 2.97. The molecular formula is C23H29FN6O2. The van der Waals surface area contributed by atoms with Gasteiger partial charge in [0.2, 0.25) is 0 Å². The maximum absolute atomic E-state index is 14.0. The Labute approximate surface area is 186 Å². The molecule has 0 saturated carbocycles. The number of anilines is 3. The summed E-state index contributed by atoms with van der Waals surface area (Å²) < 4.78 is 14.0. The van der Waals surface area contributed by atoms with E-state index in [0.717, 1.165) is 16.6 Å². The van der Waals surface area contributed by atoms with E-state index in [1.807, 2.05) is 32.9 Å². The van der Waals surface area contributed by atoms with Crippen molar-refractivity contribution in [2.24, 2.45) is 0 Å². The van der Waals surface area contributed by atoms with Crippen molar-refractivity contribution in [3.63, 3.8) is 0 Å². The van der Waals surface area contributed by atoms with Crippen molar-refractivity contribution in [2.75, 3.05) is 17.2 Å². The van der Waals surface area contributed by atoms with Crippen LogP contribution >= 0.6 is 0 Å². The molecule has 0 aliphatic carbocycles. The number of fused-ring (bicyclic) bond motifs is 1. The summed E-state index contributed by atoms with van der Waals surface area (Å²) in [5.74, 6) is 0.608. The molecule has 32 heavy (non-hydrogen) atoms. The van der Waals surface area contributed by atoms with Gasteiger partial charge in [-0.3, -0.25) is 9.78 Å². The first-order valence-corrected chi connectivity index (χ1v) is 10.4. The number of hydrogen-bond donors (Lipinski definition) is 4. The number of rotatable bonds is 8. The second-order valence-corrected chi connectivity index (χ2v) is 8.62. The highest BCUT2D eigenvalue weighted by Crippen LogP contribution is 2.23. The summed E-state index contributed by atoms with van der Waals surface area (Å²) in [6.45, 7) is 8.25. The Bertz CT molecular complexity index is 1110. The van der Waals surface area contributed by atoms with E-state index in [-0.39, 0.29) is 18.2 Å². The molecule has 0 unspecified atom stereocenters. The summed E-state index contributed by atoms with van der Waals surface area (Å²) in [5, 5.41) is 18.6. The van der Waals surface area contributed by atoms with Gasteiger partial charge in [-0.15, -0.1) is 0 Å². The van der Waals surface area contributed by atoms with Crippen LogP contribution in [0.5, 0.6) is 0 Å². The van der Waals surface area contributed by atoms with Gasteiger partial charge in [0.25, 0.3) is 5.91 Å². The third-order valence-corrected chi connectivity index (χ3v) is 4.73. The first kappa shape index (κ1) is 23.3. The number of carbonyl (C=O) groups is 1. The van der Waals surface area contributed by atoms with E-state index < -0.39 is 17.7 Å². The summed E-state index contributed by atoms with van der Waals surface area (Å²) in [7, 11) is 0. The molecule has 0 spiro atoms. The minimum atomic E-state index is -1.60. The Kier molecular flexibility index (Phi) is 6.88. The van der Waals surface area contributed by atoms with Crippen LogP contribution in [0, 0.1) is 6.92 Å². The van der Waals surface area contributed by atoms with E-state index in [4.69, 9.17) is 0 Å². The standard InChI is InChI=1S/C23H29FN6O2/c1-13(2)28-17-9-21(26-11-15(17)22(31)27-12-19(24)23(4,5)32)30-20-7-6-16-18(29-20)8-14(3)10-25-16/h6-11,13,19,32H,12H2,1-5H3,(H,27,31)(H2,26,28,29,30)/t19-/m1/s1. The van der Waals surface area contributed by atoms with Crippen molar-refractivity contribution < 1.29 is 14.3 Å². The molecule has 0 fully saturated rings. The van der Waals surface area contributed by atoms with Crippen LogP contribution in [0.4, 0.5) is 21.7 Å². The topological polar surface area (TPSA) is 112 Å². The zero-order valence-electron chi connectivity index (χ0n) is 18.9. The third-order valence-electron chi connectivity index (χ3n) is 4.73. The molecule has 8 nitrogen and oxygen atoms in total. The van der Waals surface area contributed by atoms with E-state index in [0.29, 0.717) is 17.3 Å². The number of carbonyl (C=O) groups excluding carboxylic acids is 1. The van der Waals surface area contributed by atoms with Crippen LogP contribution in [-0.2, 0) is 0 Å². The van der Waals surface area contributed by atoms with E-state index >= 15 is 0 Å². The van der Waals surface area contributed by atoms with E-state index in [1.54, 1.807) is 18.3 Å². The van der Waals surface area contributed by atoms with E-state index in [9.17, 15) is 14.3 Å². The molecule has 1 amide bonds. The van der Waals surface area contributed by atoms with Crippen LogP contribution in [0.2, 0.25) is 0 Å². The van der Waals surface area contributed by atoms with Gasteiger partial charge in [-0.05, 0) is 58.4 Å². The second-order valence-electron chi connectivity index (χ2n) is 8.62. The summed E-state index contributed by atoms with van der Waals surface area (Å²) in [6.07, 6.45) is 1.62. The third kappa shape index (κ3) is 5.88. The highest BCUT2D eigenvalue weighted by atomic mass is 19.1. The number of aryl methyl sites for hydroxylation is 1. The van der Waals surface area contributed by atoms with Crippen molar-refractivity contribution in [3.8, 4) is 0 Å². The van der Waals surface area contributed by atoms with Crippen molar-refractivity contribution in [2.45, 2.75) is 52.4 Å².